The fourth-order valence-electron chi connectivity index (χ4n) is 2.14. The smallest absolute Gasteiger partial charge is 0.130 e. The summed E-state index contributed by atoms with van der Waals surface area (Å²) in [5.41, 5.74) is 5.85. The van der Waals surface area contributed by atoms with Gasteiger partial charge in [-0.3, -0.25) is 4.98 Å². The van der Waals surface area contributed by atoms with E-state index in [1.807, 2.05) is 24.4 Å². The highest BCUT2D eigenvalue weighted by Crippen LogP contribution is 2.23. The van der Waals surface area contributed by atoms with E-state index >= 15 is 0 Å². The lowest BCUT2D eigenvalue weighted by Gasteiger charge is -2.08. The van der Waals surface area contributed by atoms with Crippen molar-refractivity contribution in [3.8, 4) is 11.1 Å². The van der Waals surface area contributed by atoms with Gasteiger partial charge in [0.25, 0.3) is 0 Å². The van der Waals surface area contributed by atoms with Crippen LogP contribution in [0.5, 0.6) is 0 Å². The number of aromatic nitrogens is 2. The second-order valence-corrected chi connectivity index (χ2v) is 5.10. The molecule has 0 aliphatic rings. The average molecular weight is 275 g/mol. The van der Waals surface area contributed by atoms with Crippen LogP contribution in [0, 0.1) is 13.8 Å². The molecule has 3 aromatic rings. The summed E-state index contributed by atoms with van der Waals surface area (Å²) in [4.78, 5) is 8.54. The maximum absolute atomic E-state index is 4.46. The summed E-state index contributed by atoms with van der Waals surface area (Å²) in [5, 5.41) is 3.23. The summed E-state index contributed by atoms with van der Waals surface area (Å²) in [6.45, 7) is 4.25. The SMILES string of the molecule is Cc1ccc(-c2ccc(Nc3cccnc3)nc2)cc1C. The van der Waals surface area contributed by atoms with Gasteiger partial charge in [0.2, 0.25) is 0 Å². The third-order valence-corrected chi connectivity index (χ3v) is 3.54. The van der Waals surface area contributed by atoms with E-state index in [9.17, 15) is 0 Å². The van der Waals surface area contributed by atoms with Gasteiger partial charge < -0.3 is 5.32 Å². The second kappa shape index (κ2) is 5.75. The first-order chi connectivity index (χ1) is 10.2. The quantitative estimate of drug-likeness (QED) is 0.764. The fourth-order valence-corrected chi connectivity index (χ4v) is 2.14. The van der Waals surface area contributed by atoms with Gasteiger partial charge in [0, 0.05) is 18.0 Å². The van der Waals surface area contributed by atoms with Crippen molar-refractivity contribution in [2.45, 2.75) is 13.8 Å². The number of nitrogens with one attached hydrogen (secondary N) is 1. The molecule has 0 fully saturated rings. The van der Waals surface area contributed by atoms with E-state index in [1.165, 1.54) is 16.7 Å². The van der Waals surface area contributed by atoms with Gasteiger partial charge in [0.05, 0.1) is 11.9 Å². The molecule has 0 amide bonds. The van der Waals surface area contributed by atoms with Crippen molar-refractivity contribution in [2.24, 2.45) is 0 Å². The van der Waals surface area contributed by atoms with E-state index in [0.29, 0.717) is 0 Å². The Balaban J connectivity index is 1.82. The summed E-state index contributed by atoms with van der Waals surface area (Å²) < 4.78 is 0. The summed E-state index contributed by atoms with van der Waals surface area (Å²) >= 11 is 0. The van der Waals surface area contributed by atoms with Crippen LogP contribution in [0.2, 0.25) is 0 Å². The Morgan fingerprint density at radius 1 is 0.857 bits per heavy atom. The number of nitrogens with zero attached hydrogens (tertiary/aromatic N) is 2. The highest BCUT2D eigenvalue weighted by atomic mass is 15.0. The molecule has 3 rings (SSSR count). The minimum absolute atomic E-state index is 0.815. The molecule has 0 unspecified atom stereocenters. The van der Waals surface area contributed by atoms with Crippen molar-refractivity contribution in [3.05, 3.63) is 72.2 Å². The lowest BCUT2D eigenvalue weighted by molar-refractivity contribution is 1.27. The topological polar surface area (TPSA) is 37.8 Å². The maximum atomic E-state index is 4.46. The van der Waals surface area contributed by atoms with Gasteiger partial charge in [-0.05, 0) is 54.8 Å². The van der Waals surface area contributed by atoms with E-state index in [-0.39, 0.29) is 0 Å². The molecule has 0 radical (unpaired) electrons. The number of rotatable bonds is 3. The molecular weight excluding hydrogens is 258 g/mol. The minimum atomic E-state index is 0.815. The molecule has 3 heteroatoms. The number of benzene rings is 1. The van der Waals surface area contributed by atoms with Crippen LogP contribution in [0.3, 0.4) is 0 Å². The van der Waals surface area contributed by atoms with Crippen LogP contribution in [0.4, 0.5) is 11.5 Å². The molecule has 0 atom stereocenters. The van der Waals surface area contributed by atoms with Gasteiger partial charge in [-0.2, -0.15) is 0 Å². The summed E-state index contributed by atoms with van der Waals surface area (Å²) in [5.74, 6) is 0.815. The molecule has 104 valence electrons. The molecule has 0 aliphatic carbocycles. The Hall–Kier alpha value is -2.68. The molecule has 2 aromatic heterocycles. The van der Waals surface area contributed by atoms with Crippen LogP contribution in [-0.4, -0.2) is 9.97 Å². The zero-order valence-electron chi connectivity index (χ0n) is 12.2. The maximum Gasteiger partial charge on any atom is 0.130 e. The highest BCUT2D eigenvalue weighted by molar-refractivity contribution is 5.66. The summed E-state index contributed by atoms with van der Waals surface area (Å²) in [7, 11) is 0. The number of aryl methyl sites for hydroxylation is 2. The summed E-state index contributed by atoms with van der Waals surface area (Å²) in [6.07, 6.45) is 5.42. The number of anilines is 2. The molecule has 0 spiro atoms. The Morgan fingerprint density at radius 3 is 2.38 bits per heavy atom. The van der Waals surface area contributed by atoms with Crippen LogP contribution < -0.4 is 5.32 Å². The van der Waals surface area contributed by atoms with Crippen molar-refractivity contribution in [1.29, 1.82) is 0 Å². The van der Waals surface area contributed by atoms with Crippen molar-refractivity contribution in [1.82, 2.24) is 9.97 Å². The van der Waals surface area contributed by atoms with E-state index in [2.05, 4.69) is 53.4 Å². The number of pyridine rings is 2. The van der Waals surface area contributed by atoms with Crippen LogP contribution in [0.15, 0.2) is 61.1 Å². The standard InChI is InChI=1S/C18H17N3/c1-13-5-6-15(10-14(13)2)16-7-8-18(20-11-16)21-17-4-3-9-19-12-17/h3-12H,1-2H3,(H,20,21). The zero-order valence-corrected chi connectivity index (χ0v) is 12.2. The molecule has 1 aromatic carbocycles. The van der Waals surface area contributed by atoms with E-state index < -0.39 is 0 Å². The Bertz CT molecular complexity index is 734. The molecule has 0 saturated heterocycles. The van der Waals surface area contributed by atoms with Crippen molar-refractivity contribution < 1.29 is 0 Å². The predicted octanol–water partition coefficient (Wildman–Crippen LogP) is 4.50. The molecule has 1 N–H and O–H groups in total. The van der Waals surface area contributed by atoms with E-state index in [1.54, 1.807) is 12.4 Å². The van der Waals surface area contributed by atoms with Gasteiger partial charge in [0.1, 0.15) is 5.82 Å². The normalized spacial score (nSPS) is 10.4. The Kier molecular flexibility index (Phi) is 3.65. The predicted molar refractivity (Wildman–Crippen MR) is 86.7 cm³/mol. The summed E-state index contributed by atoms with van der Waals surface area (Å²) in [6, 6.07) is 14.4. The third kappa shape index (κ3) is 3.08. The molecule has 0 saturated carbocycles. The first kappa shape index (κ1) is 13.3. The van der Waals surface area contributed by atoms with Gasteiger partial charge in [-0.25, -0.2) is 4.98 Å². The first-order valence-electron chi connectivity index (χ1n) is 6.93. The van der Waals surface area contributed by atoms with Gasteiger partial charge in [-0.15, -0.1) is 0 Å². The first-order valence-corrected chi connectivity index (χ1v) is 6.93. The highest BCUT2D eigenvalue weighted by Gasteiger charge is 2.01. The zero-order chi connectivity index (χ0) is 14.7. The van der Waals surface area contributed by atoms with Crippen LogP contribution in [0.1, 0.15) is 11.1 Å². The molecule has 0 aliphatic heterocycles. The van der Waals surface area contributed by atoms with Crippen molar-refractivity contribution in [2.75, 3.05) is 5.32 Å². The van der Waals surface area contributed by atoms with Gasteiger partial charge in [-0.1, -0.05) is 18.2 Å². The van der Waals surface area contributed by atoms with Crippen molar-refractivity contribution in [3.63, 3.8) is 0 Å². The lowest BCUT2D eigenvalue weighted by Crippen LogP contribution is -1.93. The molecular formula is C18H17N3. The monoisotopic (exact) mass is 275 g/mol. The second-order valence-electron chi connectivity index (χ2n) is 5.10. The Morgan fingerprint density at radius 2 is 1.71 bits per heavy atom. The van der Waals surface area contributed by atoms with Gasteiger partial charge in [0.15, 0.2) is 0 Å². The fraction of sp³-hybridized carbons (Fsp3) is 0.111. The average Bonchev–Trinajstić information content (AvgIpc) is 2.52. The largest absolute Gasteiger partial charge is 0.339 e. The van der Waals surface area contributed by atoms with E-state index in [4.69, 9.17) is 0 Å². The van der Waals surface area contributed by atoms with Crippen LogP contribution in [0.25, 0.3) is 11.1 Å². The third-order valence-electron chi connectivity index (χ3n) is 3.54. The number of hydrogen-bond acceptors (Lipinski definition) is 3. The van der Waals surface area contributed by atoms with E-state index in [0.717, 1.165) is 17.1 Å². The minimum Gasteiger partial charge on any atom is -0.339 e. The number of hydrogen-bond donors (Lipinski definition) is 1. The Labute approximate surface area is 124 Å². The van der Waals surface area contributed by atoms with Crippen molar-refractivity contribution >= 4 is 11.5 Å². The molecule has 2 heterocycles. The molecule has 0 bridgehead atoms. The van der Waals surface area contributed by atoms with Crippen LogP contribution >= 0.6 is 0 Å². The molecule has 21 heavy (non-hydrogen) atoms. The van der Waals surface area contributed by atoms with Gasteiger partial charge >= 0.3 is 0 Å². The lowest BCUT2D eigenvalue weighted by atomic mass is 10.0. The van der Waals surface area contributed by atoms with Crippen LogP contribution in [-0.2, 0) is 0 Å². The molecule has 3 nitrogen and oxygen atoms in total.